The second-order valence-corrected chi connectivity index (χ2v) is 9.48. The van der Waals surface area contributed by atoms with Gasteiger partial charge in [0.05, 0.1) is 39.1 Å². The van der Waals surface area contributed by atoms with Gasteiger partial charge in [0, 0.05) is 31.8 Å². The van der Waals surface area contributed by atoms with E-state index in [9.17, 15) is 9.00 Å². The van der Waals surface area contributed by atoms with Crippen LogP contribution < -0.4 is 11.3 Å². The maximum absolute atomic E-state index is 15.5. The van der Waals surface area contributed by atoms with Crippen LogP contribution in [0.5, 0.6) is 0 Å². The van der Waals surface area contributed by atoms with Crippen LogP contribution >= 0.6 is 11.3 Å². The molecule has 0 spiro atoms. The molecule has 2 N–H and O–H groups in total. The number of anilines is 1. The standard InChI is InChI=1S/C19H22FN3O3S2/c1-10(2)11-9-12(18-22-6-5-13(24)23(18)3)15(20)17-14(11)16(21)19(27-17)28(25)8-7-26-4/h5-6,9-10H,7-8,21H2,1-4H3. The lowest BCUT2D eigenvalue weighted by Crippen LogP contribution is -2.18. The third kappa shape index (κ3) is 3.49. The smallest absolute Gasteiger partial charge is 0.253 e. The van der Waals surface area contributed by atoms with Gasteiger partial charge >= 0.3 is 0 Å². The zero-order valence-corrected chi connectivity index (χ0v) is 17.7. The molecule has 2 heterocycles. The van der Waals surface area contributed by atoms with Gasteiger partial charge in [-0.2, -0.15) is 0 Å². The maximum Gasteiger partial charge on any atom is 0.253 e. The highest BCUT2D eigenvalue weighted by molar-refractivity contribution is 7.87. The Balaban J connectivity index is 2.32. The minimum absolute atomic E-state index is 0.0414. The Morgan fingerprint density at radius 1 is 1.43 bits per heavy atom. The zero-order valence-electron chi connectivity index (χ0n) is 16.1. The Labute approximate surface area is 168 Å². The molecule has 0 radical (unpaired) electrons. The highest BCUT2D eigenvalue weighted by Gasteiger charge is 2.25. The number of hydrogen-bond acceptors (Lipinski definition) is 6. The third-order valence-corrected chi connectivity index (χ3v) is 7.51. The molecule has 0 aliphatic heterocycles. The van der Waals surface area contributed by atoms with Crippen LogP contribution in [0, 0.1) is 5.82 Å². The first-order valence-corrected chi connectivity index (χ1v) is 10.9. The monoisotopic (exact) mass is 423 g/mol. The van der Waals surface area contributed by atoms with Gasteiger partial charge in [0.25, 0.3) is 5.56 Å². The molecule has 0 aliphatic carbocycles. The number of thiophene rings is 1. The molecule has 0 saturated heterocycles. The SMILES string of the molecule is COCCS(=O)c1sc2c(F)c(-c3nccc(=O)n3C)cc(C(C)C)c2c1N. The van der Waals surface area contributed by atoms with E-state index < -0.39 is 16.6 Å². The van der Waals surface area contributed by atoms with Crippen LogP contribution in [0.4, 0.5) is 10.1 Å². The third-order valence-electron chi connectivity index (χ3n) is 4.54. The van der Waals surface area contributed by atoms with Crippen molar-refractivity contribution in [3.63, 3.8) is 0 Å². The molecule has 3 aromatic rings. The molecule has 6 nitrogen and oxygen atoms in total. The molecule has 0 amide bonds. The highest BCUT2D eigenvalue weighted by atomic mass is 32.2. The average molecular weight is 424 g/mol. The lowest BCUT2D eigenvalue weighted by molar-refractivity contribution is 0.218. The molecule has 150 valence electrons. The summed E-state index contributed by atoms with van der Waals surface area (Å²) in [4.78, 5) is 16.2. The maximum atomic E-state index is 15.5. The quantitative estimate of drug-likeness (QED) is 0.658. The first kappa shape index (κ1) is 20.6. The van der Waals surface area contributed by atoms with Crippen LogP contribution in [0.2, 0.25) is 0 Å². The second kappa shape index (κ2) is 8.10. The van der Waals surface area contributed by atoms with E-state index in [1.54, 1.807) is 13.1 Å². The van der Waals surface area contributed by atoms with Gasteiger partial charge in [0.2, 0.25) is 0 Å². The number of hydrogen-bond donors (Lipinski definition) is 1. The number of aromatic nitrogens is 2. The summed E-state index contributed by atoms with van der Waals surface area (Å²) in [5, 5.41) is 0.586. The highest BCUT2D eigenvalue weighted by Crippen LogP contribution is 2.44. The summed E-state index contributed by atoms with van der Waals surface area (Å²) >= 11 is 1.09. The lowest BCUT2D eigenvalue weighted by atomic mass is 9.95. The first-order valence-electron chi connectivity index (χ1n) is 8.72. The van der Waals surface area contributed by atoms with Gasteiger partial charge in [0.1, 0.15) is 10.0 Å². The molecule has 0 saturated carbocycles. The Kier molecular flexibility index (Phi) is 5.97. The van der Waals surface area contributed by atoms with E-state index in [1.807, 2.05) is 13.8 Å². The van der Waals surface area contributed by atoms with Crippen LogP contribution in [0.25, 0.3) is 21.5 Å². The summed E-state index contributed by atoms with van der Waals surface area (Å²) in [7, 11) is 1.70. The summed E-state index contributed by atoms with van der Waals surface area (Å²) in [5.74, 6) is 0.0516. The van der Waals surface area contributed by atoms with Crippen molar-refractivity contribution < 1.29 is 13.3 Å². The van der Waals surface area contributed by atoms with Gasteiger partial charge in [-0.15, -0.1) is 11.3 Å². The van der Waals surface area contributed by atoms with Crippen molar-refractivity contribution in [1.29, 1.82) is 0 Å². The molecule has 0 fully saturated rings. The second-order valence-electron chi connectivity index (χ2n) is 6.70. The van der Waals surface area contributed by atoms with Crippen molar-refractivity contribution in [1.82, 2.24) is 9.55 Å². The lowest BCUT2D eigenvalue weighted by Gasteiger charge is -2.14. The van der Waals surface area contributed by atoms with Gasteiger partial charge in [-0.25, -0.2) is 9.37 Å². The number of benzene rings is 1. The molecule has 9 heteroatoms. The topological polar surface area (TPSA) is 87.2 Å². The van der Waals surface area contributed by atoms with E-state index in [0.29, 0.717) is 26.6 Å². The number of methoxy groups -OCH3 is 1. The van der Waals surface area contributed by atoms with Crippen molar-refractivity contribution in [2.24, 2.45) is 7.05 Å². The summed E-state index contributed by atoms with van der Waals surface area (Å²) < 4.78 is 35.2. The van der Waals surface area contributed by atoms with E-state index in [1.165, 1.54) is 23.9 Å². The fraction of sp³-hybridized carbons (Fsp3) is 0.368. The van der Waals surface area contributed by atoms with E-state index in [4.69, 9.17) is 10.5 Å². The van der Waals surface area contributed by atoms with Gasteiger partial charge in [-0.3, -0.25) is 13.6 Å². The van der Waals surface area contributed by atoms with E-state index in [-0.39, 0.29) is 28.6 Å². The molecule has 1 unspecified atom stereocenters. The van der Waals surface area contributed by atoms with Crippen molar-refractivity contribution in [2.75, 3.05) is 25.2 Å². The van der Waals surface area contributed by atoms with Gasteiger partial charge < -0.3 is 10.5 Å². The average Bonchev–Trinajstić information content (AvgIpc) is 3.01. The summed E-state index contributed by atoms with van der Waals surface area (Å²) in [5.41, 5.74) is 7.43. The predicted octanol–water partition coefficient (Wildman–Crippen LogP) is 3.26. The van der Waals surface area contributed by atoms with Crippen LogP contribution in [0.1, 0.15) is 25.3 Å². The largest absolute Gasteiger partial charge is 0.397 e. The fourth-order valence-electron chi connectivity index (χ4n) is 3.04. The Morgan fingerprint density at radius 3 is 2.79 bits per heavy atom. The molecule has 1 aromatic carbocycles. The van der Waals surface area contributed by atoms with Gasteiger partial charge in [-0.05, 0) is 17.5 Å². The molecule has 28 heavy (non-hydrogen) atoms. The number of fused-ring (bicyclic) bond motifs is 1. The number of nitrogens with two attached hydrogens (primary N) is 1. The molecule has 1 atom stereocenters. The van der Waals surface area contributed by atoms with Crippen molar-refractivity contribution in [2.45, 2.75) is 24.0 Å². The summed E-state index contributed by atoms with van der Waals surface area (Å²) in [6, 6.07) is 3.01. The van der Waals surface area contributed by atoms with Crippen molar-refractivity contribution in [3.05, 3.63) is 40.1 Å². The van der Waals surface area contributed by atoms with Gasteiger partial charge in [0.15, 0.2) is 5.82 Å². The molecular formula is C19H22FN3O3S2. The van der Waals surface area contributed by atoms with Crippen LogP contribution in [0.15, 0.2) is 27.3 Å². The van der Waals surface area contributed by atoms with E-state index in [2.05, 4.69) is 4.98 Å². The molecule has 0 aliphatic rings. The Morgan fingerprint density at radius 2 is 2.14 bits per heavy atom. The molecule has 2 aromatic heterocycles. The number of nitrogen functional groups attached to an aromatic ring is 1. The number of halogens is 1. The normalized spacial score (nSPS) is 12.8. The van der Waals surface area contributed by atoms with Crippen LogP contribution in [-0.2, 0) is 22.6 Å². The van der Waals surface area contributed by atoms with Crippen LogP contribution in [-0.4, -0.2) is 33.2 Å². The summed E-state index contributed by atoms with van der Waals surface area (Å²) in [6.45, 7) is 4.28. The zero-order chi connectivity index (χ0) is 20.6. The Hall–Kier alpha value is -2.10. The molecule has 0 bridgehead atoms. The van der Waals surface area contributed by atoms with Crippen molar-refractivity contribution >= 4 is 37.9 Å². The predicted molar refractivity (Wildman–Crippen MR) is 112 cm³/mol. The van der Waals surface area contributed by atoms with E-state index in [0.717, 1.165) is 16.9 Å². The number of ether oxygens (including phenoxy) is 1. The fourth-order valence-corrected chi connectivity index (χ4v) is 5.69. The number of rotatable bonds is 6. The minimum Gasteiger partial charge on any atom is -0.397 e. The first-order chi connectivity index (χ1) is 13.3. The Bertz CT molecular complexity index is 1120. The van der Waals surface area contributed by atoms with E-state index >= 15 is 4.39 Å². The van der Waals surface area contributed by atoms with Gasteiger partial charge in [-0.1, -0.05) is 13.8 Å². The summed E-state index contributed by atoms with van der Waals surface area (Å²) in [6.07, 6.45) is 1.37. The minimum atomic E-state index is -1.39. The molecular weight excluding hydrogens is 401 g/mol. The number of nitrogens with zero attached hydrogens (tertiary/aromatic N) is 2. The van der Waals surface area contributed by atoms with Crippen LogP contribution in [0.3, 0.4) is 0 Å². The van der Waals surface area contributed by atoms with Crippen molar-refractivity contribution in [3.8, 4) is 11.4 Å². The molecule has 3 rings (SSSR count).